The standard InChI is InChI=1S/C25H37N5O5S2/c1-14(2)10-20(24(33)28-19(8-9-37-3)23(32)30-21(13-36)25(34)35)29-22(31)17(26)11-15-12-27-18-7-5-4-6-16(15)18/h4-7,12,14,17,19-21,27,36H,8-11,13,26H2,1-3H3,(H,28,33)(H,29,31)(H,30,32)(H,34,35). The van der Waals surface area contributed by atoms with Crippen molar-refractivity contribution in [3.05, 3.63) is 36.0 Å². The van der Waals surface area contributed by atoms with Crippen LogP contribution in [0.25, 0.3) is 10.9 Å². The van der Waals surface area contributed by atoms with E-state index in [0.717, 1.165) is 16.5 Å². The maximum absolute atomic E-state index is 13.2. The molecule has 37 heavy (non-hydrogen) atoms. The number of fused-ring (bicyclic) bond motifs is 1. The van der Waals surface area contributed by atoms with E-state index >= 15 is 0 Å². The molecule has 2 aromatic rings. The van der Waals surface area contributed by atoms with Gasteiger partial charge in [0.2, 0.25) is 17.7 Å². The lowest BCUT2D eigenvalue weighted by molar-refractivity contribution is -0.141. The highest BCUT2D eigenvalue weighted by Crippen LogP contribution is 2.19. The molecule has 12 heteroatoms. The molecule has 0 saturated carbocycles. The highest BCUT2D eigenvalue weighted by atomic mass is 32.2. The molecule has 4 unspecified atom stereocenters. The van der Waals surface area contributed by atoms with Gasteiger partial charge in [0.05, 0.1) is 6.04 Å². The zero-order chi connectivity index (χ0) is 27.5. The maximum Gasteiger partial charge on any atom is 0.327 e. The van der Waals surface area contributed by atoms with E-state index in [-0.39, 0.29) is 18.1 Å². The summed E-state index contributed by atoms with van der Waals surface area (Å²) in [6.45, 7) is 3.83. The van der Waals surface area contributed by atoms with Crippen LogP contribution in [0.15, 0.2) is 30.5 Å². The van der Waals surface area contributed by atoms with Gasteiger partial charge in [-0.1, -0.05) is 32.0 Å². The molecule has 10 nitrogen and oxygen atoms in total. The molecule has 0 radical (unpaired) electrons. The van der Waals surface area contributed by atoms with Gasteiger partial charge in [0.15, 0.2) is 0 Å². The minimum atomic E-state index is -1.22. The van der Waals surface area contributed by atoms with Crippen molar-refractivity contribution in [2.24, 2.45) is 11.7 Å². The van der Waals surface area contributed by atoms with Gasteiger partial charge in [0.25, 0.3) is 0 Å². The number of carboxylic acids is 1. The van der Waals surface area contributed by atoms with Crippen molar-refractivity contribution in [3.63, 3.8) is 0 Å². The number of carboxylic acid groups (broad SMARTS) is 1. The summed E-state index contributed by atoms with van der Waals surface area (Å²) in [6.07, 6.45) is 4.59. The van der Waals surface area contributed by atoms with Crippen molar-refractivity contribution in [2.45, 2.75) is 57.3 Å². The quantitative estimate of drug-likeness (QED) is 0.164. The Morgan fingerprint density at radius 1 is 1.03 bits per heavy atom. The number of aliphatic carboxylic acids is 1. The molecule has 0 aliphatic carbocycles. The van der Waals surface area contributed by atoms with Gasteiger partial charge in [-0.2, -0.15) is 24.4 Å². The fourth-order valence-electron chi connectivity index (χ4n) is 3.85. The lowest BCUT2D eigenvalue weighted by Gasteiger charge is -2.26. The fraction of sp³-hybridized carbons (Fsp3) is 0.520. The van der Waals surface area contributed by atoms with Crippen molar-refractivity contribution in [3.8, 4) is 0 Å². The number of nitrogens with one attached hydrogen (secondary N) is 4. The number of hydrogen-bond acceptors (Lipinski definition) is 7. The number of thioether (sulfide) groups is 1. The number of hydrogen-bond donors (Lipinski definition) is 7. The molecule has 0 fully saturated rings. The zero-order valence-electron chi connectivity index (χ0n) is 21.3. The molecular formula is C25H37N5O5S2. The molecule has 7 N–H and O–H groups in total. The van der Waals surface area contributed by atoms with Gasteiger partial charge in [-0.15, -0.1) is 0 Å². The number of carbonyl (C=O) groups is 4. The summed E-state index contributed by atoms with van der Waals surface area (Å²) in [4.78, 5) is 53.4. The van der Waals surface area contributed by atoms with Gasteiger partial charge in [-0.25, -0.2) is 4.79 Å². The zero-order valence-corrected chi connectivity index (χ0v) is 23.0. The Morgan fingerprint density at radius 2 is 1.65 bits per heavy atom. The average molecular weight is 552 g/mol. The molecule has 0 aliphatic heterocycles. The van der Waals surface area contributed by atoms with Crippen LogP contribution in [0.1, 0.15) is 32.3 Å². The number of thiol groups is 1. The normalized spacial score (nSPS) is 14.5. The van der Waals surface area contributed by atoms with Gasteiger partial charge in [-0.3, -0.25) is 14.4 Å². The Morgan fingerprint density at radius 3 is 2.27 bits per heavy atom. The van der Waals surface area contributed by atoms with E-state index < -0.39 is 47.9 Å². The van der Waals surface area contributed by atoms with Crippen molar-refractivity contribution in [2.75, 3.05) is 17.8 Å². The lowest BCUT2D eigenvalue weighted by atomic mass is 10.0. The average Bonchev–Trinajstić information content (AvgIpc) is 3.26. The third-order valence-corrected chi connectivity index (χ3v) is 6.84. The highest BCUT2D eigenvalue weighted by Gasteiger charge is 2.30. The Balaban J connectivity index is 2.10. The Hall–Kier alpha value is -2.70. The number of aromatic amines is 1. The Bertz CT molecular complexity index is 1080. The third kappa shape index (κ3) is 9.28. The monoisotopic (exact) mass is 551 g/mol. The third-order valence-electron chi connectivity index (χ3n) is 5.83. The molecule has 0 spiro atoms. The maximum atomic E-state index is 13.2. The molecule has 4 atom stereocenters. The minimum absolute atomic E-state index is 0.0694. The number of nitrogens with two attached hydrogens (primary N) is 1. The van der Waals surface area contributed by atoms with E-state index in [1.807, 2.05) is 50.6 Å². The first-order valence-electron chi connectivity index (χ1n) is 12.1. The first kappa shape index (κ1) is 30.5. The number of aromatic nitrogens is 1. The summed E-state index contributed by atoms with van der Waals surface area (Å²) in [5.41, 5.74) is 8.05. The molecule has 1 aromatic carbocycles. The van der Waals surface area contributed by atoms with E-state index in [1.54, 1.807) is 0 Å². The number of benzene rings is 1. The Labute approximate surface area is 226 Å². The molecule has 1 heterocycles. The molecule has 0 saturated heterocycles. The SMILES string of the molecule is CSCCC(NC(=O)C(CC(C)C)NC(=O)C(N)Cc1c[nH]c2ccccc12)C(=O)NC(CS)C(=O)O. The smallest absolute Gasteiger partial charge is 0.327 e. The van der Waals surface area contributed by atoms with Crippen LogP contribution in [0.2, 0.25) is 0 Å². The van der Waals surface area contributed by atoms with Crippen LogP contribution in [0.4, 0.5) is 0 Å². The van der Waals surface area contributed by atoms with Crippen LogP contribution >= 0.6 is 24.4 Å². The number of carbonyl (C=O) groups excluding carboxylic acids is 3. The summed E-state index contributed by atoms with van der Waals surface area (Å²) in [7, 11) is 0. The first-order chi connectivity index (χ1) is 17.6. The summed E-state index contributed by atoms with van der Waals surface area (Å²) in [5, 5.41) is 18.1. The molecule has 1 aromatic heterocycles. The first-order valence-corrected chi connectivity index (χ1v) is 14.1. The van der Waals surface area contributed by atoms with Gasteiger partial charge in [0.1, 0.15) is 18.1 Å². The van der Waals surface area contributed by atoms with Gasteiger partial charge >= 0.3 is 5.97 Å². The topological polar surface area (TPSA) is 166 Å². The number of para-hydroxylation sites is 1. The second-order valence-corrected chi connectivity index (χ2v) is 10.6. The van der Waals surface area contributed by atoms with Gasteiger partial charge in [0, 0.05) is 22.9 Å². The summed E-state index contributed by atoms with van der Waals surface area (Å²) >= 11 is 5.46. The fourth-order valence-corrected chi connectivity index (χ4v) is 4.57. The molecule has 2 rings (SSSR count). The number of rotatable bonds is 15. The van der Waals surface area contributed by atoms with Crippen LogP contribution in [0, 0.1) is 5.92 Å². The van der Waals surface area contributed by atoms with Crippen molar-refractivity contribution in [1.82, 2.24) is 20.9 Å². The number of amides is 3. The lowest BCUT2D eigenvalue weighted by Crippen LogP contribution is -2.57. The van der Waals surface area contributed by atoms with Gasteiger partial charge in [-0.05, 0) is 48.8 Å². The summed E-state index contributed by atoms with van der Waals surface area (Å²) < 4.78 is 0. The minimum Gasteiger partial charge on any atom is -0.480 e. The van der Waals surface area contributed by atoms with Crippen LogP contribution < -0.4 is 21.7 Å². The predicted molar refractivity (Wildman–Crippen MR) is 150 cm³/mol. The molecule has 0 bridgehead atoms. The number of H-pyrrole nitrogens is 1. The van der Waals surface area contributed by atoms with Gasteiger partial charge < -0.3 is 31.8 Å². The molecule has 0 aliphatic rings. The predicted octanol–water partition coefficient (Wildman–Crippen LogP) is 1.31. The van der Waals surface area contributed by atoms with Crippen molar-refractivity contribution < 1.29 is 24.3 Å². The highest BCUT2D eigenvalue weighted by molar-refractivity contribution is 7.98. The van der Waals surface area contributed by atoms with Crippen LogP contribution in [0.3, 0.4) is 0 Å². The molecule has 3 amide bonds. The van der Waals surface area contributed by atoms with Crippen molar-refractivity contribution >= 4 is 59.0 Å². The van der Waals surface area contributed by atoms with Crippen LogP contribution in [-0.2, 0) is 25.6 Å². The van der Waals surface area contributed by atoms with E-state index in [2.05, 4.69) is 33.6 Å². The van der Waals surface area contributed by atoms with E-state index in [9.17, 15) is 24.3 Å². The van der Waals surface area contributed by atoms with Crippen LogP contribution in [0.5, 0.6) is 0 Å². The second-order valence-electron chi connectivity index (χ2n) is 9.29. The molecule has 204 valence electrons. The summed E-state index contributed by atoms with van der Waals surface area (Å²) in [5.74, 6) is -2.29. The Kier molecular flexibility index (Phi) is 12.3. The van der Waals surface area contributed by atoms with Crippen LogP contribution in [-0.4, -0.2) is 75.7 Å². The van der Waals surface area contributed by atoms with E-state index in [4.69, 9.17) is 5.73 Å². The van der Waals surface area contributed by atoms with Crippen molar-refractivity contribution in [1.29, 1.82) is 0 Å². The van der Waals surface area contributed by atoms with E-state index in [0.29, 0.717) is 18.6 Å². The molecular weight excluding hydrogens is 514 g/mol. The van der Waals surface area contributed by atoms with E-state index in [1.165, 1.54) is 11.8 Å². The summed E-state index contributed by atoms with van der Waals surface area (Å²) in [6, 6.07) is 3.76. The largest absolute Gasteiger partial charge is 0.480 e. The second kappa shape index (κ2) is 14.9.